The van der Waals surface area contributed by atoms with E-state index in [2.05, 4.69) is 46.2 Å². The maximum Gasteiger partial charge on any atom is 1.00 e. The number of nitrogens with two attached hydrogens (primary N) is 4. The molecule has 0 unspecified atom stereocenters. The monoisotopic (exact) mass is 1460 g/mol. The summed E-state index contributed by atoms with van der Waals surface area (Å²) in [6.07, 6.45) is 1.48. The minimum Gasteiger partial charge on any atom is -0.662 e. The molecule has 0 radical (unpaired) electrons. The number of aromatic hydroxyl groups is 2. The Morgan fingerprint density at radius 1 is 0.561 bits per heavy atom. The second kappa shape index (κ2) is 37.8. The molecule has 0 atom stereocenters. The Hall–Kier alpha value is -13.9. The van der Waals surface area contributed by atoms with Crippen LogP contribution in [0.4, 0.5) is 44.1 Å². The van der Waals surface area contributed by atoms with E-state index < -0.39 is 24.0 Å². The number of amides is 3. The zero-order chi connectivity index (χ0) is 75.3. The number of hydrogen-bond acceptors (Lipinski definition) is 22. The predicted molar refractivity (Wildman–Crippen MR) is 392 cm³/mol. The third-order valence-electron chi connectivity index (χ3n) is 15.1. The van der Waals surface area contributed by atoms with Gasteiger partial charge in [0.15, 0.2) is 23.2 Å². The molecular formula is C75H67N14NaO17. The summed E-state index contributed by atoms with van der Waals surface area (Å²) in [6.45, 7) is 6.46. The van der Waals surface area contributed by atoms with Crippen molar-refractivity contribution in [3.8, 4) is 45.5 Å². The van der Waals surface area contributed by atoms with E-state index in [0.29, 0.717) is 79.6 Å². The summed E-state index contributed by atoms with van der Waals surface area (Å²) >= 11 is 0. The number of nitrogens with zero attached hydrogens (tertiary/aromatic N) is 6. The Labute approximate surface area is 628 Å². The van der Waals surface area contributed by atoms with E-state index in [0.717, 1.165) is 44.3 Å². The molecule has 0 saturated carbocycles. The van der Waals surface area contributed by atoms with Gasteiger partial charge in [-0.1, -0.05) is 77.4 Å². The first-order chi connectivity index (χ1) is 50.5. The number of carbonyl (C=O) groups is 6. The van der Waals surface area contributed by atoms with Crippen molar-refractivity contribution in [1.82, 2.24) is 35.1 Å². The number of aromatic amines is 1. The van der Waals surface area contributed by atoms with E-state index in [9.17, 15) is 33.9 Å². The maximum atomic E-state index is 12.8. The summed E-state index contributed by atoms with van der Waals surface area (Å²) in [5.41, 5.74) is 34.1. The number of benzene rings is 8. The molecule has 6 aromatic heterocycles. The van der Waals surface area contributed by atoms with Crippen LogP contribution in [-0.2, 0) is 27.6 Å². The summed E-state index contributed by atoms with van der Waals surface area (Å²) in [5, 5.41) is 69.9. The normalized spacial score (nSPS) is 10.1. The van der Waals surface area contributed by atoms with Gasteiger partial charge in [0.05, 0.1) is 22.2 Å². The molecule has 14 rings (SSSR count). The number of carboxylic acids is 2. The minimum atomic E-state index is -1.15. The third kappa shape index (κ3) is 21.6. The molecule has 32 heteroatoms. The van der Waals surface area contributed by atoms with Crippen molar-refractivity contribution in [2.75, 3.05) is 27.8 Å². The number of aromatic nitrogens is 6. The van der Waals surface area contributed by atoms with Crippen LogP contribution in [0, 0.1) is 20.8 Å². The molecule has 8 aromatic carbocycles. The van der Waals surface area contributed by atoms with Gasteiger partial charge in [0.1, 0.15) is 28.8 Å². The number of aromatic carboxylic acids is 2. The van der Waals surface area contributed by atoms with E-state index in [1.165, 1.54) is 27.6 Å². The van der Waals surface area contributed by atoms with Crippen molar-refractivity contribution in [3.63, 3.8) is 0 Å². The first-order valence-electron chi connectivity index (χ1n) is 31.3. The van der Waals surface area contributed by atoms with E-state index in [4.69, 9.17) is 61.6 Å². The second-order valence-corrected chi connectivity index (χ2v) is 22.6. The number of hydrogen-bond donors (Lipinski definition) is 12. The van der Waals surface area contributed by atoms with Crippen LogP contribution in [0.1, 0.15) is 59.5 Å². The van der Waals surface area contributed by atoms with Gasteiger partial charge >= 0.3 is 53.6 Å². The van der Waals surface area contributed by atoms with Gasteiger partial charge in [0.25, 0.3) is 12.4 Å². The van der Waals surface area contributed by atoms with Crippen molar-refractivity contribution in [2.45, 2.75) is 33.9 Å². The molecule has 18 N–H and O–H groups in total. The van der Waals surface area contributed by atoms with Gasteiger partial charge in [-0.05, 0) is 184 Å². The van der Waals surface area contributed by atoms with Crippen LogP contribution in [-0.4, -0.2) is 98.1 Å². The smallest absolute Gasteiger partial charge is 0.662 e. The molecule has 14 aromatic rings. The van der Waals surface area contributed by atoms with Gasteiger partial charge in [-0.25, -0.2) is 24.0 Å². The number of H-pyrrole nitrogens is 1. The Balaban J connectivity index is 0.000000198. The van der Waals surface area contributed by atoms with Crippen LogP contribution in [0.15, 0.2) is 231 Å². The number of nitrogen functional groups attached to an aromatic ring is 3. The number of aliphatic imine (C=N–C) groups is 1. The Bertz CT molecular complexity index is 5470. The van der Waals surface area contributed by atoms with Gasteiger partial charge in [-0.15, -0.1) is 10.2 Å². The number of nitrogens with one attached hydrogen (secondary N) is 4. The number of phenols is 2. The molecule has 0 aliphatic carbocycles. The maximum absolute atomic E-state index is 12.8. The molecule has 0 bridgehead atoms. The van der Waals surface area contributed by atoms with Crippen LogP contribution in [0.25, 0.3) is 66.7 Å². The van der Waals surface area contributed by atoms with Crippen molar-refractivity contribution in [1.29, 1.82) is 0 Å². The van der Waals surface area contributed by atoms with Crippen molar-refractivity contribution in [3.05, 3.63) is 257 Å². The average Bonchev–Trinajstić information content (AvgIpc) is 1.65. The van der Waals surface area contributed by atoms with Crippen molar-refractivity contribution in [2.24, 2.45) is 10.7 Å². The van der Waals surface area contributed by atoms with Gasteiger partial charge in [-0.3, -0.25) is 14.7 Å². The minimum absolute atomic E-state index is 0. The Kier molecular flexibility index (Phi) is 28.4. The molecule has 0 saturated heterocycles. The predicted octanol–water partition coefficient (Wildman–Crippen LogP) is 8.40. The summed E-state index contributed by atoms with van der Waals surface area (Å²) < 4.78 is 18.7. The number of isocyanates is 1. The van der Waals surface area contributed by atoms with Crippen LogP contribution in [0.2, 0.25) is 0 Å². The van der Waals surface area contributed by atoms with Crippen LogP contribution >= 0.6 is 0 Å². The summed E-state index contributed by atoms with van der Waals surface area (Å²) in [7, 11) is 0. The SMILES string of the molecule is Cc1ccc(N=C=O)cc1.Cc1ccc(NC(=O)n2nc(N)c3cc(-c4ccc(C(=O)NCc5cccc(O)c5)o4)ccc32)cc1.Cc1ccc(NC(=O)n2nc(N)c3cc(-c4ccc(C(=O)O)o4)ccc32)cc1.NCc1cccc(O)c1.Nc1n[nH]c2ccc(-c3ccc(C(=O)O)o3)cc12.O.O=CO[O-].[Na+]. The van der Waals surface area contributed by atoms with Gasteiger partial charge < -0.3 is 88.2 Å². The largest absolute Gasteiger partial charge is 1.00 e. The molecule has 0 fully saturated rings. The van der Waals surface area contributed by atoms with Crippen LogP contribution < -0.4 is 73.7 Å². The van der Waals surface area contributed by atoms with Crippen molar-refractivity contribution < 1.29 is 112 Å². The molecule has 0 spiro atoms. The number of fused-ring (bicyclic) bond motifs is 3. The molecule has 107 heavy (non-hydrogen) atoms. The quantitative estimate of drug-likeness (QED) is 0.0129. The number of carboxylic acid groups (broad SMARTS) is 2. The fourth-order valence-electron chi connectivity index (χ4n) is 9.84. The van der Waals surface area contributed by atoms with Gasteiger partial charge in [0, 0.05) is 57.3 Å². The molecule has 6 heterocycles. The van der Waals surface area contributed by atoms with Crippen molar-refractivity contribution >= 4 is 110 Å². The summed E-state index contributed by atoms with van der Waals surface area (Å²) in [4.78, 5) is 84.1. The Morgan fingerprint density at radius 3 is 1.38 bits per heavy atom. The first-order valence-corrected chi connectivity index (χ1v) is 31.3. The van der Waals surface area contributed by atoms with Crippen LogP contribution in [0.5, 0.6) is 11.5 Å². The number of phenolic OH excluding ortho intramolecular Hbond substituents is 2. The van der Waals surface area contributed by atoms with Crippen LogP contribution in [0.3, 0.4) is 0 Å². The molecule has 540 valence electrons. The molecule has 31 nitrogen and oxygen atoms in total. The summed E-state index contributed by atoms with van der Waals surface area (Å²) in [5.74, 6) is -0.206. The molecule has 0 aliphatic heterocycles. The van der Waals surface area contributed by atoms with E-state index in [1.807, 2.05) is 87.5 Å². The van der Waals surface area contributed by atoms with E-state index in [1.54, 1.807) is 133 Å². The number of furan rings is 3. The topological polar surface area (TPSA) is 520 Å². The number of anilines is 5. The zero-order valence-corrected chi connectivity index (χ0v) is 59.4. The third-order valence-corrected chi connectivity index (χ3v) is 15.1. The second-order valence-electron chi connectivity index (χ2n) is 22.6. The molecular weight excluding hydrogens is 1390 g/mol. The standard InChI is InChI=1S/C27H23N5O4.C20H16N4O4.C12H9N3O3.C8H7NO.C7H9NO.CH2O3.Na.H2O/c1-16-5-8-19(9-6-16)30-27(35)32-22-10-7-18(14-21(22)25(28)31-32)23-11-12-24(36-23)26(34)29-15-17-3-2-4-20(33)13-17;1-11-2-5-13(6-3-11)22-20(27)24-15-7-4-12(10-14(15)18(21)23-24)16-8-9-17(28-16)19(25)26;13-11-7-5-6(1-2-8(7)14-15-11)9-3-4-10(18-9)12(16)17;1-7-2-4-8(5-3-7)9-6-10;8-5-6-2-1-3-7(9)4-6;2-1-4-3;;/h2-14,33H,15H2,1H3,(H2,28,31)(H,29,34)(H,30,35);2-10H,1H3,(H2,21,23)(H,22,27)(H,25,26);1-5H,(H,16,17)(H3,13,14,15);2-5H,1H3;1-4,9H,5,8H2;1,3H;;1H2/q;;;;;;+1;/p-1. The fourth-order valence-corrected chi connectivity index (χ4v) is 9.84. The zero-order valence-electron chi connectivity index (χ0n) is 57.4. The van der Waals surface area contributed by atoms with Gasteiger partial charge in [-0.2, -0.15) is 19.5 Å². The molecule has 0 aliphatic rings. The van der Waals surface area contributed by atoms with E-state index >= 15 is 0 Å². The number of aryl methyl sites for hydroxylation is 3. The average molecular weight is 1460 g/mol. The van der Waals surface area contributed by atoms with E-state index in [-0.39, 0.29) is 94.4 Å². The molecule has 3 amide bonds. The Morgan fingerprint density at radius 2 is 0.972 bits per heavy atom. The first kappa shape index (κ1) is 80.4. The number of carbonyl (C=O) groups excluding carboxylic acids is 5. The summed E-state index contributed by atoms with van der Waals surface area (Å²) in [6, 6.07) is 59.9. The fraction of sp³-hybridized carbons (Fsp3) is 0.0667. The number of rotatable bonds is 13. The van der Waals surface area contributed by atoms with Gasteiger partial charge in [0.2, 0.25) is 17.6 Å².